The molecule has 0 bridgehead atoms. The Bertz CT molecular complexity index is 417. The Kier molecular flexibility index (Phi) is 8.35. The quantitative estimate of drug-likeness (QED) is 0.641. The molecule has 0 aromatic carbocycles. The second-order valence-electron chi connectivity index (χ2n) is 6.48. The molecule has 0 radical (unpaired) electrons. The maximum atomic E-state index is 12.5. The van der Waals surface area contributed by atoms with Crippen LogP contribution in [0.4, 0.5) is 0 Å². The summed E-state index contributed by atoms with van der Waals surface area (Å²) in [4.78, 5) is 30.8. The van der Waals surface area contributed by atoms with Gasteiger partial charge in [0.1, 0.15) is 0 Å². The molecule has 2 saturated heterocycles. The summed E-state index contributed by atoms with van der Waals surface area (Å²) in [6, 6.07) is 0.206. The number of carbonyl (C=O) groups excluding carboxylic acids is 2. The van der Waals surface area contributed by atoms with Gasteiger partial charge >= 0.3 is 0 Å². The van der Waals surface area contributed by atoms with E-state index in [9.17, 15) is 9.59 Å². The van der Waals surface area contributed by atoms with Crippen LogP contribution in [0.5, 0.6) is 0 Å². The summed E-state index contributed by atoms with van der Waals surface area (Å²) in [5, 5.41) is 3.11. The van der Waals surface area contributed by atoms with Crippen LogP contribution < -0.4 is 5.32 Å². The van der Waals surface area contributed by atoms with E-state index in [2.05, 4.69) is 24.1 Å². The zero-order valence-electron chi connectivity index (χ0n) is 15.1. The van der Waals surface area contributed by atoms with E-state index in [1.165, 1.54) is 0 Å². The van der Waals surface area contributed by atoms with E-state index in [0.29, 0.717) is 18.8 Å². The summed E-state index contributed by atoms with van der Waals surface area (Å²) < 4.78 is 0. The number of nitrogens with zero attached hydrogens (tertiary/aromatic N) is 3. The van der Waals surface area contributed by atoms with Crippen LogP contribution in [0.15, 0.2) is 0 Å². The Morgan fingerprint density at radius 2 is 2.12 bits per heavy atom. The van der Waals surface area contributed by atoms with Gasteiger partial charge in [0, 0.05) is 44.5 Å². The summed E-state index contributed by atoms with van der Waals surface area (Å²) in [6.07, 6.45) is 2.02. The van der Waals surface area contributed by atoms with Crippen molar-refractivity contribution in [2.45, 2.75) is 32.7 Å². The van der Waals surface area contributed by atoms with Gasteiger partial charge in [-0.05, 0) is 25.9 Å². The largest absolute Gasteiger partial charge is 0.340 e. The molecule has 2 aliphatic rings. The molecule has 0 aromatic rings. The van der Waals surface area contributed by atoms with E-state index >= 15 is 0 Å². The number of amides is 2. The Balaban J connectivity index is 1.73. The van der Waals surface area contributed by atoms with E-state index in [1.807, 2.05) is 9.80 Å². The molecule has 7 heteroatoms. The van der Waals surface area contributed by atoms with Crippen LogP contribution in [0.25, 0.3) is 0 Å². The molecule has 2 heterocycles. The fourth-order valence-electron chi connectivity index (χ4n) is 3.43. The number of piperidine rings is 1. The van der Waals surface area contributed by atoms with Gasteiger partial charge in [0.2, 0.25) is 11.8 Å². The molecule has 0 saturated carbocycles. The molecule has 24 heavy (non-hydrogen) atoms. The van der Waals surface area contributed by atoms with E-state index < -0.39 is 0 Å². The van der Waals surface area contributed by atoms with Crippen molar-refractivity contribution < 1.29 is 9.59 Å². The number of likely N-dealkylation sites (tertiary alicyclic amines) is 1. The molecule has 2 fully saturated rings. The number of nitrogens with one attached hydrogen (secondary N) is 1. The highest BCUT2D eigenvalue weighted by molar-refractivity contribution is 7.99. The van der Waals surface area contributed by atoms with Crippen LogP contribution >= 0.6 is 11.8 Å². The highest BCUT2D eigenvalue weighted by atomic mass is 32.2. The Morgan fingerprint density at radius 1 is 1.33 bits per heavy atom. The van der Waals surface area contributed by atoms with Gasteiger partial charge in [0.25, 0.3) is 0 Å². The third-order valence-electron chi connectivity index (χ3n) is 4.99. The van der Waals surface area contributed by atoms with Gasteiger partial charge in [-0.3, -0.25) is 9.59 Å². The van der Waals surface area contributed by atoms with Gasteiger partial charge in [-0.2, -0.15) is 11.8 Å². The summed E-state index contributed by atoms with van der Waals surface area (Å²) in [5.74, 6) is 1.96. The first kappa shape index (κ1) is 19.5. The van der Waals surface area contributed by atoms with Gasteiger partial charge in [0.05, 0.1) is 12.3 Å². The number of hydrogen-bond donors (Lipinski definition) is 1. The van der Waals surface area contributed by atoms with Crippen molar-refractivity contribution in [1.82, 2.24) is 20.0 Å². The topological polar surface area (TPSA) is 55.9 Å². The second kappa shape index (κ2) is 10.3. The van der Waals surface area contributed by atoms with Crippen LogP contribution in [-0.2, 0) is 9.59 Å². The minimum Gasteiger partial charge on any atom is -0.340 e. The Labute approximate surface area is 150 Å². The smallest absolute Gasteiger partial charge is 0.236 e. The monoisotopic (exact) mass is 356 g/mol. The molecule has 2 rings (SSSR count). The lowest BCUT2D eigenvalue weighted by Crippen LogP contribution is -2.57. The molecule has 0 spiro atoms. The van der Waals surface area contributed by atoms with Crippen molar-refractivity contribution in [1.29, 1.82) is 0 Å². The number of hydrogen-bond acceptors (Lipinski definition) is 5. The Hall–Kier alpha value is -0.790. The van der Waals surface area contributed by atoms with Crippen LogP contribution in [-0.4, -0.2) is 96.4 Å². The molecule has 1 atom stereocenters. The molecule has 1 unspecified atom stereocenters. The lowest BCUT2D eigenvalue weighted by atomic mass is 10.0. The molecular weight excluding hydrogens is 324 g/mol. The minimum absolute atomic E-state index is 0.175. The third-order valence-corrected chi connectivity index (χ3v) is 5.91. The lowest BCUT2D eigenvalue weighted by molar-refractivity contribution is -0.139. The second-order valence-corrected chi connectivity index (χ2v) is 7.58. The van der Waals surface area contributed by atoms with Gasteiger partial charge in [-0.25, -0.2) is 0 Å². The maximum Gasteiger partial charge on any atom is 0.236 e. The van der Waals surface area contributed by atoms with Crippen LogP contribution in [0.3, 0.4) is 0 Å². The van der Waals surface area contributed by atoms with Crippen molar-refractivity contribution in [2.24, 2.45) is 0 Å². The van der Waals surface area contributed by atoms with Crippen LogP contribution in [0.2, 0.25) is 0 Å². The molecule has 2 aliphatic heterocycles. The zero-order chi connectivity index (χ0) is 17.4. The molecular formula is C17H32N4O2S. The number of carbonyl (C=O) groups is 2. The lowest BCUT2D eigenvalue weighted by Gasteiger charge is -2.41. The van der Waals surface area contributed by atoms with Gasteiger partial charge in [-0.1, -0.05) is 13.8 Å². The first-order valence-corrected chi connectivity index (χ1v) is 10.4. The van der Waals surface area contributed by atoms with Gasteiger partial charge in [-0.15, -0.1) is 0 Å². The number of piperazine rings is 1. The standard InChI is InChI=1S/C17H32N4O2S/c1-3-19(4-2)10-11-24-14-17(23)20-8-5-6-15(13-20)21-9-7-18-12-16(21)22/h15,18H,3-14H2,1-2H3. The SMILES string of the molecule is CCN(CC)CCSCC(=O)N1CCCC(N2CCNCC2=O)C1. The van der Waals surface area contributed by atoms with E-state index in [1.54, 1.807) is 11.8 Å². The van der Waals surface area contributed by atoms with Crippen molar-refractivity contribution >= 4 is 23.6 Å². The third kappa shape index (κ3) is 5.63. The zero-order valence-corrected chi connectivity index (χ0v) is 15.9. The maximum absolute atomic E-state index is 12.5. The number of rotatable bonds is 8. The van der Waals surface area contributed by atoms with Gasteiger partial charge in [0.15, 0.2) is 0 Å². The van der Waals surface area contributed by atoms with Crippen molar-refractivity contribution in [3.05, 3.63) is 0 Å². The Morgan fingerprint density at radius 3 is 2.83 bits per heavy atom. The van der Waals surface area contributed by atoms with E-state index in [-0.39, 0.29) is 17.9 Å². The number of thioether (sulfide) groups is 1. The summed E-state index contributed by atoms with van der Waals surface area (Å²) in [5.41, 5.74) is 0. The summed E-state index contributed by atoms with van der Waals surface area (Å²) >= 11 is 1.73. The first-order valence-electron chi connectivity index (χ1n) is 9.23. The molecule has 6 nitrogen and oxygen atoms in total. The van der Waals surface area contributed by atoms with Crippen molar-refractivity contribution in [2.75, 3.05) is 63.9 Å². The van der Waals surface area contributed by atoms with E-state index in [4.69, 9.17) is 0 Å². The van der Waals surface area contributed by atoms with Gasteiger partial charge < -0.3 is 20.0 Å². The molecule has 2 amide bonds. The average Bonchev–Trinajstić information content (AvgIpc) is 2.62. The molecule has 1 N–H and O–H groups in total. The van der Waals surface area contributed by atoms with E-state index in [0.717, 1.165) is 57.9 Å². The fourth-order valence-corrected chi connectivity index (χ4v) is 4.32. The van der Waals surface area contributed by atoms with Crippen molar-refractivity contribution in [3.8, 4) is 0 Å². The predicted octanol–water partition coefficient (Wildman–Crippen LogP) is 0.484. The van der Waals surface area contributed by atoms with Crippen molar-refractivity contribution in [3.63, 3.8) is 0 Å². The highest BCUT2D eigenvalue weighted by Gasteiger charge is 2.31. The summed E-state index contributed by atoms with van der Waals surface area (Å²) in [6.45, 7) is 11.1. The average molecular weight is 357 g/mol. The van der Waals surface area contributed by atoms with Crippen LogP contribution in [0, 0.1) is 0 Å². The predicted molar refractivity (Wildman–Crippen MR) is 99.3 cm³/mol. The minimum atomic E-state index is 0.175. The summed E-state index contributed by atoms with van der Waals surface area (Å²) in [7, 11) is 0. The highest BCUT2D eigenvalue weighted by Crippen LogP contribution is 2.18. The molecule has 138 valence electrons. The molecule has 0 aromatic heterocycles. The normalized spacial score (nSPS) is 22.3. The fraction of sp³-hybridized carbons (Fsp3) is 0.882. The van der Waals surface area contributed by atoms with Crippen LogP contribution in [0.1, 0.15) is 26.7 Å². The first-order chi connectivity index (χ1) is 11.7. The molecule has 0 aliphatic carbocycles.